The summed E-state index contributed by atoms with van der Waals surface area (Å²) < 4.78 is 5.76. The second kappa shape index (κ2) is 5.21. The van der Waals surface area contributed by atoms with Gasteiger partial charge in [0.15, 0.2) is 6.29 Å². The van der Waals surface area contributed by atoms with Crippen LogP contribution >= 0.6 is 11.6 Å². The van der Waals surface area contributed by atoms with Gasteiger partial charge in [0.05, 0.1) is 17.4 Å². The van der Waals surface area contributed by atoms with Crippen LogP contribution in [-0.4, -0.2) is 22.4 Å². The minimum absolute atomic E-state index is 0.177. The summed E-state index contributed by atoms with van der Waals surface area (Å²) in [5, 5.41) is 0.177. The molecule has 0 saturated heterocycles. The minimum Gasteiger partial charge on any atom is -0.490 e. The Morgan fingerprint density at radius 3 is 2.85 bits per heavy atom. The van der Waals surface area contributed by atoms with Crippen LogP contribution < -0.4 is 4.74 Å². The Labute approximate surface area is 121 Å². The summed E-state index contributed by atoms with van der Waals surface area (Å²) in [5.41, 5.74) is 1.65. The Kier molecular flexibility index (Phi) is 3.40. The molecule has 0 atom stereocenters. The van der Waals surface area contributed by atoms with E-state index in [4.69, 9.17) is 16.3 Å². The molecule has 3 rings (SSSR count). The third-order valence-corrected chi connectivity index (χ3v) is 3.35. The van der Waals surface area contributed by atoms with E-state index in [-0.39, 0.29) is 5.15 Å². The van der Waals surface area contributed by atoms with Crippen molar-refractivity contribution in [2.45, 2.75) is 25.9 Å². The van der Waals surface area contributed by atoms with Crippen molar-refractivity contribution in [2.75, 3.05) is 0 Å². The maximum absolute atomic E-state index is 11.2. The SMILES string of the molecule is Cc1nc(Cl)c(C=O)c(-c2cccc(OC3CC3)c2)n1. The minimum atomic E-state index is 0.177. The standard InChI is InChI=1S/C15H13ClN2O2/c1-9-17-14(13(8-19)15(16)18-9)10-3-2-4-12(7-10)20-11-5-6-11/h2-4,7-8,11H,5-6H2,1H3. The average Bonchev–Trinajstić information content (AvgIpc) is 3.22. The van der Waals surface area contributed by atoms with Crippen molar-refractivity contribution >= 4 is 17.9 Å². The maximum Gasteiger partial charge on any atom is 0.155 e. The van der Waals surface area contributed by atoms with Crippen LogP contribution in [0.1, 0.15) is 29.0 Å². The molecule has 20 heavy (non-hydrogen) atoms. The monoisotopic (exact) mass is 288 g/mol. The van der Waals surface area contributed by atoms with E-state index >= 15 is 0 Å². The fourth-order valence-corrected chi connectivity index (χ4v) is 2.22. The van der Waals surface area contributed by atoms with Gasteiger partial charge in [-0.15, -0.1) is 0 Å². The summed E-state index contributed by atoms with van der Waals surface area (Å²) in [5.74, 6) is 1.32. The van der Waals surface area contributed by atoms with Crippen molar-refractivity contribution in [1.82, 2.24) is 9.97 Å². The number of aryl methyl sites for hydroxylation is 1. The van der Waals surface area contributed by atoms with Gasteiger partial charge in [0.25, 0.3) is 0 Å². The molecule has 0 bridgehead atoms. The predicted molar refractivity (Wildman–Crippen MR) is 76.3 cm³/mol. The molecule has 1 saturated carbocycles. The number of ether oxygens (including phenoxy) is 1. The smallest absolute Gasteiger partial charge is 0.155 e. The Bertz CT molecular complexity index is 669. The highest BCUT2D eigenvalue weighted by Gasteiger charge is 2.23. The molecular formula is C15H13ClN2O2. The summed E-state index contributed by atoms with van der Waals surface area (Å²) in [4.78, 5) is 19.5. The number of aldehydes is 1. The number of nitrogens with zero attached hydrogens (tertiary/aromatic N) is 2. The van der Waals surface area contributed by atoms with Gasteiger partial charge in [0.2, 0.25) is 0 Å². The van der Waals surface area contributed by atoms with Crippen molar-refractivity contribution in [2.24, 2.45) is 0 Å². The zero-order valence-corrected chi connectivity index (χ0v) is 11.7. The summed E-state index contributed by atoms with van der Waals surface area (Å²) >= 11 is 6.01. The maximum atomic E-state index is 11.2. The van der Waals surface area contributed by atoms with Crippen molar-refractivity contribution in [1.29, 1.82) is 0 Å². The zero-order chi connectivity index (χ0) is 14.1. The molecule has 1 aliphatic rings. The third-order valence-electron chi connectivity index (χ3n) is 3.06. The van der Waals surface area contributed by atoms with E-state index in [0.29, 0.717) is 29.5 Å². The molecule has 0 unspecified atom stereocenters. The first kappa shape index (κ1) is 13.1. The fourth-order valence-electron chi connectivity index (χ4n) is 1.97. The lowest BCUT2D eigenvalue weighted by Gasteiger charge is -2.09. The Morgan fingerprint density at radius 1 is 1.35 bits per heavy atom. The largest absolute Gasteiger partial charge is 0.490 e. The van der Waals surface area contributed by atoms with E-state index in [2.05, 4.69) is 9.97 Å². The first-order valence-electron chi connectivity index (χ1n) is 6.44. The topological polar surface area (TPSA) is 52.1 Å². The number of halogens is 1. The lowest BCUT2D eigenvalue weighted by Crippen LogP contribution is -2.00. The quantitative estimate of drug-likeness (QED) is 0.638. The third kappa shape index (κ3) is 2.65. The van der Waals surface area contributed by atoms with Crippen LogP contribution in [-0.2, 0) is 0 Å². The molecule has 0 aliphatic heterocycles. The molecule has 1 heterocycles. The molecule has 0 N–H and O–H groups in total. The number of rotatable bonds is 4. The van der Waals surface area contributed by atoms with Gasteiger partial charge in [-0.1, -0.05) is 23.7 Å². The summed E-state index contributed by atoms with van der Waals surface area (Å²) in [7, 11) is 0. The molecule has 0 radical (unpaired) electrons. The molecular weight excluding hydrogens is 276 g/mol. The number of carbonyl (C=O) groups is 1. The fraction of sp³-hybridized carbons (Fsp3) is 0.267. The van der Waals surface area contributed by atoms with Crippen molar-refractivity contribution in [3.63, 3.8) is 0 Å². The summed E-state index contributed by atoms with van der Waals surface area (Å²) in [6.45, 7) is 1.74. The van der Waals surface area contributed by atoms with Crippen LogP contribution in [0.3, 0.4) is 0 Å². The second-order valence-electron chi connectivity index (χ2n) is 4.79. The van der Waals surface area contributed by atoms with E-state index in [1.54, 1.807) is 6.92 Å². The van der Waals surface area contributed by atoms with Gasteiger partial charge in [0, 0.05) is 5.56 Å². The number of hydrogen-bond donors (Lipinski definition) is 0. The van der Waals surface area contributed by atoms with Gasteiger partial charge < -0.3 is 4.74 Å². The first-order valence-corrected chi connectivity index (χ1v) is 6.81. The molecule has 1 aromatic carbocycles. The van der Waals surface area contributed by atoms with E-state index < -0.39 is 0 Å². The highest BCUT2D eigenvalue weighted by molar-refractivity contribution is 6.32. The normalized spacial score (nSPS) is 14.1. The number of aromatic nitrogens is 2. The van der Waals surface area contributed by atoms with Crippen LogP contribution in [0.2, 0.25) is 5.15 Å². The van der Waals surface area contributed by atoms with Gasteiger partial charge in [-0.2, -0.15) is 0 Å². The molecule has 4 nitrogen and oxygen atoms in total. The zero-order valence-electron chi connectivity index (χ0n) is 11.0. The molecule has 5 heteroatoms. The van der Waals surface area contributed by atoms with Crippen LogP contribution in [0.4, 0.5) is 0 Å². The van der Waals surface area contributed by atoms with E-state index in [1.165, 1.54) is 0 Å². The molecule has 2 aromatic rings. The van der Waals surface area contributed by atoms with E-state index in [1.807, 2.05) is 24.3 Å². The number of hydrogen-bond acceptors (Lipinski definition) is 4. The molecule has 1 fully saturated rings. The molecule has 0 amide bonds. The molecule has 102 valence electrons. The van der Waals surface area contributed by atoms with E-state index in [0.717, 1.165) is 24.2 Å². The van der Waals surface area contributed by atoms with E-state index in [9.17, 15) is 4.79 Å². The first-order chi connectivity index (χ1) is 9.67. The molecule has 0 spiro atoms. The van der Waals surface area contributed by atoms with Crippen molar-refractivity contribution in [3.05, 3.63) is 40.8 Å². The average molecular weight is 289 g/mol. The second-order valence-corrected chi connectivity index (χ2v) is 5.14. The Balaban J connectivity index is 2.05. The van der Waals surface area contributed by atoms with Gasteiger partial charge >= 0.3 is 0 Å². The number of benzene rings is 1. The van der Waals surface area contributed by atoms with Crippen molar-refractivity contribution in [3.8, 4) is 17.0 Å². The Morgan fingerprint density at radius 2 is 2.15 bits per heavy atom. The van der Waals surface area contributed by atoms with Gasteiger partial charge in [-0.05, 0) is 31.9 Å². The summed E-state index contributed by atoms with van der Waals surface area (Å²) in [6.07, 6.45) is 3.21. The lowest BCUT2D eigenvalue weighted by atomic mass is 10.1. The van der Waals surface area contributed by atoms with Crippen LogP contribution in [0, 0.1) is 6.92 Å². The van der Waals surface area contributed by atoms with Crippen LogP contribution in [0.15, 0.2) is 24.3 Å². The predicted octanol–water partition coefficient (Wildman–Crippen LogP) is 3.46. The van der Waals surface area contributed by atoms with Gasteiger partial charge in [-0.3, -0.25) is 4.79 Å². The van der Waals surface area contributed by atoms with Gasteiger partial charge in [-0.25, -0.2) is 9.97 Å². The highest BCUT2D eigenvalue weighted by atomic mass is 35.5. The van der Waals surface area contributed by atoms with Gasteiger partial charge in [0.1, 0.15) is 16.7 Å². The molecule has 1 aromatic heterocycles. The van der Waals surface area contributed by atoms with Crippen LogP contribution in [0.25, 0.3) is 11.3 Å². The van der Waals surface area contributed by atoms with Crippen LogP contribution in [0.5, 0.6) is 5.75 Å². The summed E-state index contributed by atoms with van der Waals surface area (Å²) in [6, 6.07) is 7.54. The molecule has 1 aliphatic carbocycles. The highest BCUT2D eigenvalue weighted by Crippen LogP contribution is 2.31. The lowest BCUT2D eigenvalue weighted by molar-refractivity contribution is 0.112. The number of carbonyl (C=O) groups excluding carboxylic acids is 1. The Hall–Kier alpha value is -1.94. The van der Waals surface area contributed by atoms with Crippen molar-refractivity contribution < 1.29 is 9.53 Å².